The van der Waals surface area contributed by atoms with E-state index >= 15 is 0 Å². The lowest BCUT2D eigenvalue weighted by Gasteiger charge is -2.38. The number of benzene rings is 1. The minimum absolute atomic E-state index is 0.125. The van der Waals surface area contributed by atoms with Gasteiger partial charge in [0.05, 0.1) is 19.4 Å². The van der Waals surface area contributed by atoms with Crippen LogP contribution < -0.4 is 10.5 Å². The molecule has 1 aromatic carbocycles. The number of hydrogen-bond donors (Lipinski definition) is 1. The molecule has 0 bridgehead atoms. The molecule has 4 heterocycles. The van der Waals surface area contributed by atoms with Gasteiger partial charge in [0.15, 0.2) is 10.9 Å². The van der Waals surface area contributed by atoms with Gasteiger partial charge in [0.1, 0.15) is 11.0 Å². The standard InChI is InChI=1S/C22H23N5O4S/c1-30-15-5-2-4-14(12-15)17(26-9-7-13(8-10-26)19(23)28)18-21(29)27-22(32-18)24-20(25-27)16-6-3-11-31-16/h2-6,11-13,17-18H,7-10H2,1H3,(H2,23,28)/t17-,18?/m1/s1. The Balaban J connectivity index is 1.45. The van der Waals surface area contributed by atoms with E-state index in [0.717, 1.165) is 11.3 Å². The molecule has 0 saturated carbocycles. The molecule has 0 aliphatic carbocycles. The van der Waals surface area contributed by atoms with Gasteiger partial charge in [-0.2, -0.15) is 9.67 Å². The Bertz CT molecular complexity index is 1140. The first-order chi connectivity index (χ1) is 15.5. The molecule has 1 unspecified atom stereocenters. The zero-order chi connectivity index (χ0) is 22.2. The van der Waals surface area contributed by atoms with Gasteiger partial charge >= 0.3 is 0 Å². The number of likely N-dealkylation sites (tertiary alicyclic amines) is 1. The van der Waals surface area contributed by atoms with Crippen LogP contribution in [0.15, 0.2) is 52.2 Å². The zero-order valence-corrected chi connectivity index (χ0v) is 18.3. The molecule has 2 N–H and O–H groups in total. The van der Waals surface area contributed by atoms with Crippen LogP contribution in [0.4, 0.5) is 0 Å². The van der Waals surface area contributed by atoms with E-state index in [9.17, 15) is 9.59 Å². The number of fused-ring (bicyclic) bond motifs is 1. The summed E-state index contributed by atoms with van der Waals surface area (Å²) in [6.07, 6.45) is 2.90. The lowest BCUT2D eigenvalue weighted by molar-refractivity contribution is -0.123. The second kappa shape index (κ2) is 8.44. The Morgan fingerprint density at radius 1 is 1.28 bits per heavy atom. The minimum atomic E-state index is -0.423. The Morgan fingerprint density at radius 2 is 2.09 bits per heavy atom. The van der Waals surface area contributed by atoms with Crippen molar-refractivity contribution in [1.29, 1.82) is 0 Å². The predicted molar refractivity (Wildman–Crippen MR) is 117 cm³/mol. The third-order valence-corrected chi connectivity index (χ3v) is 7.24. The van der Waals surface area contributed by atoms with E-state index in [1.165, 1.54) is 16.4 Å². The van der Waals surface area contributed by atoms with Gasteiger partial charge in [0.2, 0.25) is 11.7 Å². The van der Waals surface area contributed by atoms with E-state index in [-0.39, 0.29) is 23.8 Å². The van der Waals surface area contributed by atoms with Crippen LogP contribution in [0, 0.1) is 5.92 Å². The second-order valence-electron chi connectivity index (χ2n) is 7.92. The maximum atomic E-state index is 13.4. The molecule has 10 heteroatoms. The van der Waals surface area contributed by atoms with E-state index in [2.05, 4.69) is 15.0 Å². The van der Waals surface area contributed by atoms with Gasteiger partial charge in [-0.15, -0.1) is 5.10 Å². The number of piperidine rings is 1. The number of carbonyl (C=O) groups excluding carboxylic acids is 2. The van der Waals surface area contributed by atoms with E-state index < -0.39 is 5.25 Å². The Labute approximate surface area is 188 Å². The monoisotopic (exact) mass is 453 g/mol. The highest BCUT2D eigenvalue weighted by Crippen LogP contribution is 2.43. The summed E-state index contributed by atoms with van der Waals surface area (Å²) >= 11 is 1.40. The van der Waals surface area contributed by atoms with Gasteiger partial charge in [0.25, 0.3) is 5.91 Å². The molecular formula is C22H23N5O4S. The smallest absolute Gasteiger partial charge is 0.264 e. The molecule has 1 saturated heterocycles. The molecule has 0 spiro atoms. The molecule has 1 amide bonds. The third-order valence-electron chi connectivity index (χ3n) is 6.05. The number of nitrogens with two attached hydrogens (primary N) is 1. The number of nitrogens with zero attached hydrogens (tertiary/aromatic N) is 4. The summed E-state index contributed by atoms with van der Waals surface area (Å²) in [4.78, 5) is 31.9. The second-order valence-corrected chi connectivity index (χ2v) is 9.03. The first-order valence-corrected chi connectivity index (χ1v) is 11.3. The SMILES string of the molecule is COc1cccc([C@H](C2Sc3nc(-c4ccco4)nn3C2=O)N2CCC(C(N)=O)CC2)c1. The summed E-state index contributed by atoms with van der Waals surface area (Å²) in [6.45, 7) is 1.35. The highest BCUT2D eigenvalue weighted by Gasteiger charge is 2.44. The van der Waals surface area contributed by atoms with Gasteiger partial charge in [-0.3, -0.25) is 14.5 Å². The molecule has 166 valence electrons. The number of ether oxygens (including phenoxy) is 1. The summed E-state index contributed by atoms with van der Waals surface area (Å²) in [7, 11) is 1.62. The summed E-state index contributed by atoms with van der Waals surface area (Å²) in [5, 5.41) is 4.52. The number of amides is 1. The maximum absolute atomic E-state index is 13.4. The Morgan fingerprint density at radius 3 is 2.75 bits per heavy atom. The molecule has 2 atom stereocenters. The van der Waals surface area contributed by atoms with Crippen LogP contribution in [-0.2, 0) is 4.79 Å². The van der Waals surface area contributed by atoms with Crippen molar-refractivity contribution in [3.05, 3.63) is 48.2 Å². The first kappa shape index (κ1) is 20.8. The number of hydrogen-bond acceptors (Lipinski definition) is 8. The molecule has 2 aliphatic heterocycles. The predicted octanol–water partition coefficient (Wildman–Crippen LogP) is 2.60. The maximum Gasteiger partial charge on any atom is 0.264 e. The molecule has 2 aromatic heterocycles. The fourth-order valence-electron chi connectivity index (χ4n) is 4.38. The van der Waals surface area contributed by atoms with E-state index in [0.29, 0.717) is 42.7 Å². The highest BCUT2D eigenvalue weighted by molar-refractivity contribution is 8.00. The van der Waals surface area contributed by atoms with Crippen molar-refractivity contribution in [2.75, 3.05) is 20.2 Å². The van der Waals surface area contributed by atoms with Crippen LogP contribution in [0.25, 0.3) is 11.6 Å². The van der Waals surface area contributed by atoms with E-state index in [1.54, 1.807) is 25.5 Å². The lowest BCUT2D eigenvalue weighted by atomic mass is 9.92. The van der Waals surface area contributed by atoms with Crippen molar-refractivity contribution >= 4 is 23.6 Å². The topological polar surface area (TPSA) is 116 Å². The van der Waals surface area contributed by atoms with Crippen molar-refractivity contribution in [1.82, 2.24) is 19.7 Å². The quantitative estimate of drug-likeness (QED) is 0.605. The third kappa shape index (κ3) is 3.69. The van der Waals surface area contributed by atoms with Gasteiger partial charge in [-0.25, -0.2) is 0 Å². The largest absolute Gasteiger partial charge is 0.497 e. The molecule has 9 nitrogen and oxygen atoms in total. The molecule has 3 aromatic rings. The molecule has 2 aliphatic rings. The lowest BCUT2D eigenvalue weighted by Crippen LogP contribution is -2.45. The van der Waals surface area contributed by atoms with Crippen LogP contribution in [0.3, 0.4) is 0 Å². The number of rotatable bonds is 6. The number of carbonyl (C=O) groups is 2. The number of furan rings is 1. The first-order valence-electron chi connectivity index (χ1n) is 10.4. The van der Waals surface area contributed by atoms with Crippen LogP contribution in [0.5, 0.6) is 5.75 Å². The van der Waals surface area contributed by atoms with Crippen molar-refractivity contribution in [3.8, 4) is 17.3 Å². The van der Waals surface area contributed by atoms with Gasteiger partial charge < -0.3 is 14.9 Å². The minimum Gasteiger partial charge on any atom is -0.497 e. The van der Waals surface area contributed by atoms with Crippen molar-refractivity contribution < 1.29 is 18.7 Å². The summed E-state index contributed by atoms with van der Waals surface area (Å²) < 4.78 is 12.2. The fraction of sp³-hybridized carbons (Fsp3) is 0.364. The van der Waals surface area contributed by atoms with Crippen LogP contribution >= 0.6 is 11.8 Å². The summed E-state index contributed by atoms with van der Waals surface area (Å²) in [5.41, 5.74) is 6.50. The van der Waals surface area contributed by atoms with Crippen LogP contribution in [-0.4, -0.2) is 56.9 Å². The van der Waals surface area contributed by atoms with Gasteiger partial charge in [0, 0.05) is 5.92 Å². The number of primary amides is 1. The highest BCUT2D eigenvalue weighted by atomic mass is 32.2. The van der Waals surface area contributed by atoms with E-state index in [1.807, 2.05) is 24.3 Å². The van der Waals surface area contributed by atoms with Crippen LogP contribution in [0.1, 0.15) is 29.2 Å². The number of methoxy groups -OCH3 is 1. The van der Waals surface area contributed by atoms with Crippen molar-refractivity contribution in [2.45, 2.75) is 29.3 Å². The molecule has 1 fully saturated rings. The van der Waals surface area contributed by atoms with Crippen molar-refractivity contribution in [3.63, 3.8) is 0 Å². The average Bonchev–Trinajstić information content (AvgIpc) is 3.53. The van der Waals surface area contributed by atoms with E-state index in [4.69, 9.17) is 14.9 Å². The molecule has 0 radical (unpaired) electrons. The Kier molecular flexibility index (Phi) is 5.48. The van der Waals surface area contributed by atoms with Gasteiger partial charge in [-0.05, 0) is 55.8 Å². The number of thioether (sulfide) groups is 1. The normalized spacial score (nSPS) is 20.3. The van der Waals surface area contributed by atoms with Crippen molar-refractivity contribution in [2.24, 2.45) is 11.7 Å². The number of aromatic nitrogens is 3. The zero-order valence-electron chi connectivity index (χ0n) is 17.5. The average molecular weight is 454 g/mol. The van der Waals surface area contributed by atoms with Crippen LogP contribution in [0.2, 0.25) is 0 Å². The Hall–Kier alpha value is -3.11. The fourth-order valence-corrected chi connectivity index (χ4v) is 5.63. The molecular weight excluding hydrogens is 430 g/mol. The molecule has 32 heavy (non-hydrogen) atoms. The van der Waals surface area contributed by atoms with Gasteiger partial charge in [-0.1, -0.05) is 23.9 Å². The summed E-state index contributed by atoms with van der Waals surface area (Å²) in [6, 6.07) is 11.1. The molecule has 5 rings (SSSR count). The summed E-state index contributed by atoms with van der Waals surface area (Å²) in [5.74, 6) is 1.13.